The Kier molecular flexibility index (Phi) is 4.87. The average Bonchev–Trinajstić information content (AvgIpc) is 2.99. The van der Waals surface area contributed by atoms with Crippen LogP contribution in [0.25, 0.3) is 0 Å². The van der Waals surface area contributed by atoms with E-state index in [0.717, 1.165) is 0 Å². The number of primary amides is 1. The number of thiophene rings is 1. The number of nitrogens with one attached hydrogen (secondary N) is 1. The summed E-state index contributed by atoms with van der Waals surface area (Å²) >= 11 is 3.05. The second kappa shape index (κ2) is 6.43. The molecule has 1 atom stereocenters. The molecule has 4 nitrogen and oxygen atoms in total. The second-order valence-electron chi connectivity index (χ2n) is 4.70. The van der Waals surface area contributed by atoms with Crippen molar-refractivity contribution in [1.29, 1.82) is 0 Å². The largest absolute Gasteiger partial charge is 0.366 e. The maximum absolute atomic E-state index is 12.1. The van der Waals surface area contributed by atoms with Crippen LogP contribution in [0.5, 0.6) is 0 Å². The molecule has 1 heterocycles. The third-order valence-electron chi connectivity index (χ3n) is 3.24. The van der Waals surface area contributed by atoms with Crippen molar-refractivity contribution >= 4 is 39.9 Å². The first-order valence-electron chi connectivity index (χ1n) is 6.41. The molecule has 1 aromatic rings. The Labute approximate surface area is 121 Å². The first-order chi connectivity index (χ1) is 9.08. The van der Waals surface area contributed by atoms with Gasteiger partial charge in [-0.15, -0.1) is 23.1 Å². The number of nitrogens with two attached hydrogens (primary N) is 1. The monoisotopic (exact) mass is 298 g/mol. The fourth-order valence-electron chi connectivity index (χ4n) is 2.19. The summed E-state index contributed by atoms with van der Waals surface area (Å²) in [6.07, 6.45) is 4.94. The Morgan fingerprint density at radius 1 is 1.47 bits per heavy atom. The molecule has 0 unspecified atom stereocenters. The van der Waals surface area contributed by atoms with Crippen molar-refractivity contribution < 1.29 is 9.59 Å². The van der Waals surface area contributed by atoms with Crippen molar-refractivity contribution in [2.45, 2.75) is 43.1 Å². The number of carbonyl (C=O) groups excluding carboxylic acids is 2. The zero-order valence-electron chi connectivity index (χ0n) is 10.8. The van der Waals surface area contributed by atoms with Crippen LogP contribution in [0.1, 0.15) is 43.0 Å². The van der Waals surface area contributed by atoms with Crippen molar-refractivity contribution in [3.63, 3.8) is 0 Å². The van der Waals surface area contributed by atoms with Gasteiger partial charge in [-0.1, -0.05) is 12.8 Å². The zero-order valence-corrected chi connectivity index (χ0v) is 12.5. The van der Waals surface area contributed by atoms with Gasteiger partial charge in [0.15, 0.2) is 0 Å². The fraction of sp³-hybridized carbons (Fsp3) is 0.538. The van der Waals surface area contributed by atoms with E-state index >= 15 is 0 Å². The molecular weight excluding hydrogens is 280 g/mol. The zero-order chi connectivity index (χ0) is 13.8. The molecule has 0 aliphatic heterocycles. The molecule has 1 aliphatic rings. The molecule has 0 radical (unpaired) electrons. The molecule has 0 bridgehead atoms. The van der Waals surface area contributed by atoms with Crippen LogP contribution >= 0.6 is 23.1 Å². The maximum atomic E-state index is 12.1. The van der Waals surface area contributed by atoms with Crippen LogP contribution in [0.4, 0.5) is 5.00 Å². The molecule has 6 heteroatoms. The van der Waals surface area contributed by atoms with E-state index < -0.39 is 5.91 Å². The second-order valence-corrected chi connectivity index (χ2v) is 7.26. The van der Waals surface area contributed by atoms with Gasteiger partial charge in [0, 0.05) is 5.25 Å². The Balaban J connectivity index is 1.92. The van der Waals surface area contributed by atoms with Gasteiger partial charge in [-0.25, -0.2) is 0 Å². The molecule has 19 heavy (non-hydrogen) atoms. The molecule has 0 aromatic carbocycles. The van der Waals surface area contributed by atoms with Crippen molar-refractivity contribution in [1.82, 2.24) is 0 Å². The lowest BCUT2D eigenvalue weighted by molar-refractivity contribution is -0.115. The number of amides is 2. The Morgan fingerprint density at radius 2 is 2.16 bits per heavy atom. The minimum Gasteiger partial charge on any atom is -0.366 e. The van der Waals surface area contributed by atoms with Gasteiger partial charge >= 0.3 is 0 Å². The van der Waals surface area contributed by atoms with Gasteiger partial charge in [0.25, 0.3) is 5.91 Å². The predicted octanol–water partition coefficient (Wildman–Crippen LogP) is 2.85. The number of thioether (sulfide) groups is 1. The van der Waals surface area contributed by atoms with Crippen LogP contribution in [0.2, 0.25) is 0 Å². The van der Waals surface area contributed by atoms with Crippen LogP contribution in [-0.2, 0) is 4.79 Å². The predicted molar refractivity (Wildman–Crippen MR) is 80.8 cm³/mol. The SMILES string of the molecule is C[C@@H](SC1CCCC1)C(=O)Nc1sccc1C(N)=O. The number of rotatable bonds is 5. The van der Waals surface area contributed by atoms with Crippen molar-refractivity contribution in [3.05, 3.63) is 17.0 Å². The van der Waals surface area contributed by atoms with Crippen molar-refractivity contribution in [2.24, 2.45) is 5.73 Å². The van der Waals surface area contributed by atoms with Crippen LogP contribution < -0.4 is 11.1 Å². The Hall–Kier alpha value is -1.01. The van der Waals surface area contributed by atoms with Crippen molar-refractivity contribution in [2.75, 3.05) is 5.32 Å². The maximum Gasteiger partial charge on any atom is 0.251 e. The summed E-state index contributed by atoms with van der Waals surface area (Å²) in [5.41, 5.74) is 5.64. The summed E-state index contributed by atoms with van der Waals surface area (Å²) in [4.78, 5) is 23.3. The summed E-state index contributed by atoms with van der Waals surface area (Å²) in [6.45, 7) is 1.91. The van der Waals surface area contributed by atoms with Gasteiger partial charge in [0.05, 0.1) is 10.8 Å². The highest BCUT2D eigenvalue weighted by molar-refractivity contribution is 8.01. The molecule has 1 saturated carbocycles. The number of hydrogen-bond acceptors (Lipinski definition) is 4. The molecule has 2 amide bonds. The molecule has 0 saturated heterocycles. The first-order valence-corrected chi connectivity index (χ1v) is 8.24. The highest BCUT2D eigenvalue weighted by Gasteiger charge is 2.23. The number of hydrogen-bond donors (Lipinski definition) is 2. The van der Waals surface area contributed by atoms with Crippen LogP contribution in [0.15, 0.2) is 11.4 Å². The summed E-state index contributed by atoms with van der Waals surface area (Å²) < 4.78 is 0. The van der Waals surface area contributed by atoms with Crippen molar-refractivity contribution in [3.8, 4) is 0 Å². The molecule has 1 fully saturated rings. The molecule has 1 aliphatic carbocycles. The standard InChI is InChI=1S/C13H18N2O2S2/c1-8(19-9-4-2-3-5-9)12(17)15-13-10(11(14)16)6-7-18-13/h6-9H,2-5H2,1H3,(H2,14,16)(H,15,17)/t8-/m1/s1. The molecule has 1 aromatic heterocycles. The smallest absolute Gasteiger partial charge is 0.251 e. The number of anilines is 1. The van der Waals surface area contributed by atoms with E-state index in [-0.39, 0.29) is 11.2 Å². The van der Waals surface area contributed by atoms with Gasteiger partial charge in [-0.3, -0.25) is 9.59 Å². The third-order valence-corrected chi connectivity index (χ3v) is 5.54. The van der Waals surface area contributed by atoms with E-state index in [2.05, 4.69) is 5.32 Å². The van der Waals surface area contributed by atoms with E-state index in [1.165, 1.54) is 37.0 Å². The van der Waals surface area contributed by atoms with Gasteiger partial charge < -0.3 is 11.1 Å². The van der Waals surface area contributed by atoms with E-state index in [1.54, 1.807) is 23.2 Å². The van der Waals surface area contributed by atoms with E-state index in [1.807, 2.05) is 6.92 Å². The summed E-state index contributed by atoms with van der Waals surface area (Å²) in [6, 6.07) is 1.64. The molecular formula is C13H18N2O2S2. The van der Waals surface area contributed by atoms with Gasteiger partial charge in [-0.2, -0.15) is 0 Å². The average molecular weight is 298 g/mol. The highest BCUT2D eigenvalue weighted by atomic mass is 32.2. The third kappa shape index (κ3) is 3.73. The lowest BCUT2D eigenvalue weighted by Gasteiger charge is -2.15. The van der Waals surface area contributed by atoms with Crippen LogP contribution in [-0.4, -0.2) is 22.3 Å². The summed E-state index contributed by atoms with van der Waals surface area (Å²) in [5, 5.41) is 5.60. The van der Waals surface area contributed by atoms with Crippen LogP contribution in [0.3, 0.4) is 0 Å². The minimum absolute atomic E-state index is 0.0538. The van der Waals surface area contributed by atoms with Crippen LogP contribution in [0, 0.1) is 0 Å². The minimum atomic E-state index is -0.507. The van der Waals surface area contributed by atoms with E-state index in [0.29, 0.717) is 15.8 Å². The normalized spacial score (nSPS) is 17.3. The fourth-order valence-corrected chi connectivity index (χ4v) is 4.35. The van der Waals surface area contributed by atoms with Gasteiger partial charge in [-0.05, 0) is 31.2 Å². The first kappa shape index (κ1) is 14.4. The Bertz CT molecular complexity index is 467. The number of carbonyl (C=O) groups is 2. The lowest BCUT2D eigenvalue weighted by atomic mass is 10.3. The van der Waals surface area contributed by atoms with Gasteiger partial charge in [0.2, 0.25) is 5.91 Å². The summed E-state index contributed by atoms with van der Waals surface area (Å²) in [7, 11) is 0. The topological polar surface area (TPSA) is 72.2 Å². The van der Waals surface area contributed by atoms with Gasteiger partial charge in [0.1, 0.15) is 5.00 Å². The lowest BCUT2D eigenvalue weighted by Crippen LogP contribution is -2.25. The molecule has 2 rings (SSSR count). The molecule has 3 N–H and O–H groups in total. The van der Waals surface area contributed by atoms with E-state index in [4.69, 9.17) is 5.73 Å². The molecule has 0 spiro atoms. The summed E-state index contributed by atoms with van der Waals surface area (Å²) in [5.74, 6) is -0.561. The quantitative estimate of drug-likeness (QED) is 0.878. The Morgan fingerprint density at radius 3 is 2.79 bits per heavy atom. The van der Waals surface area contributed by atoms with E-state index in [9.17, 15) is 9.59 Å². The molecule has 104 valence electrons. The highest BCUT2D eigenvalue weighted by Crippen LogP contribution is 2.33.